The Hall–Kier alpha value is -1.51. The molecule has 0 unspecified atom stereocenters. The zero-order valence-electron chi connectivity index (χ0n) is 11.2. The van der Waals surface area contributed by atoms with Crippen molar-refractivity contribution in [3.63, 3.8) is 0 Å². The molecule has 98 valence electrons. The van der Waals surface area contributed by atoms with E-state index in [0.717, 1.165) is 37.2 Å². The SMILES string of the molecule is CC(C)COc1cccc(C(=O)N2CCCC2)c1. The number of amides is 1. The average Bonchev–Trinajstić information content (AvgIpc) is 2.89. The third-order valence-corrected chi connectivity index (χ3v) is 3.06. The van der Waals surface area contributed by atoms with Gasteiger partial charge in [-0.1, -0.05) is 19.9 Å². The summed E-state index contributed by atoms with van der Waals surface area (Å²) >= 11 is 0. The second-order valence-electron chi connectivity index (χ2n) is 5.23. The summed E-state index contributed by atoms with van der Waals surface area (Å²) in [6, 6.07) is 7.51. The van der Waals surface area contributed by atoms with Gasteiger partial charge in [-0.3, -0.25) is 4.79 Å². The first kappa shape index (κ1) is 12.9. The lowest BCUT2D eigenvalue weighted by atomic mass is 10.2. The lowest BCUT2D eigenvalue weighted by Crippen LogP contribution is -2.27. The number of rotatable bonds is 4. The van der Waals surface area contributed by atoms with E-state index < -0.39 is 0 Å². The van der Waals surface area contributed by atoms with Gasteiger partial charge in [0.05, 0.1) is 6.61 Å². The van der Waals surface area contributed by atoms with Crippen LogP contribution in [0.3, 0.4) is 0 Å². The Kier molecular flexibility index (Phi) is 4.24. The Morgan fingerprint density at radius 1 is 1.33 bits per heavy atom. The van der Waals surface area contributed by atoms with E-state index in [2.05, 4.69) is 13.8 Å². The van der Waals surface area contributed by atoms with Crippen LogP contribution >= 0.6 is 0 Å². The summed E-state index contributed by atoms with van der Waals surface area (Å²) in [6.45, 7) is 6.67. The van der Waals surface area contributed by atoms with E-state index in [0.29, 0.717) is 12.5 Å². The lowest BCUT2D eigenvalue weighted by Gasteiger charge is -2.16. The van der Waals surface area contributed by atoms with Crippen LogP contribution in [0.25, 0.3) is 0 Å². The van der Waals surface area contributed by atoms with E-state index in [1.165, 1.54) is 0 Å². The maximum absolute atomic E-state index is 12.2. The van der Waals surface area contributed by atoms with Gasteiger partial charge in [-0.25, -0.2) is 0 Å². The summed E-state index contributed by atoms with van der Waals surface area (Å²) in [6.07, 6.45) is 2.24. The predicted octanol–water partition coefficient (Wildman–Crippen LogP) is 2.96. The number of carbonyl (C=O) groups excluding carboxylic acids is 1. The molecule has 0 N–H and O–H groups in total. The molecule has 0 atom stereocenters. The monoisotopic (exact) mass is 247 g/mol. The van der Waals surface area contributed by atoms with Crippen LogP contribution in [0.5, 0.6) is 5.75 Å². The zero-order chi connectivity index (χ0) is 13.0. The Bertz CT molecular complexity index is 409. The average molecular weight is 247 g/mol. The highest BCUT2D eigenvalue weighted by atomic mass is 16.5. The van der Waals surface area contributed by atoms with Gasteiger partial charge in [-0.05, 0) is 37.0 Å². The maximum atomic E-state index is 12.2. The van der Waals surface area contributed by atoms with Gasteiger partial charge in [-0.2, -0.15) is 0 Å². The maximum Gasteiger partial charge on any atom is 0.253 e. The van der Waals surface area contributed by atoms with Gasteiger partial charge < -0.3 is 9.64 Å². The van der Waals surface area contributed by atoms with Crippen molar-refractivity contribution in [2.24, 2.45) is 5.92 Å². The quantitative estimate of drug-likeness (QED) is 0.818. The molecule has 0 radical (unpaired) electrons. The highest BCUT2D eigenvalue weighted by molar-refractivity contribution is 5.94. The molecule has 1 aliphatic rings. The molecule has 1 fully saturated rings. The predicted molar refractivity (Wildman–Crippen MR) is 71.9 cm³/mol. The molecule has 0 spiro atoms. The number of nitrogens with zero attached hydrogens (tertiary/aromatic N) is 1. The Morgan fingerprint density at radius 3 is 2.72 bits per heavy atom. The molecular weight excluding hydrogens is 226 g/mol. The molecule has 1 heterocycles. The van der Waals surface area contributed by atoms with Crippen LogP contribution in [0, 0.1) is 5.92 Å². The van der Waals surface area contributed by atoms with Gasteiger partial charge in [0.25, 0.3) is 5.91 Å². The number of likely N-dealkylation sites (tertiary alicyclic amines) is 1. The smallest absolute Gasteiger partial charge is 0.253 e. The highest BCUT2D eigenvalue weighted by Gasteiger charge is 2.19. The summed E-state index contributed by atoms with van der Waals surface area (Å²) < 4.78 is 5.65. The molecule has 2 rings (SSSR count). The second kappa shape index (κ2) is 5.89. The molecule has 0 aliphatic carbocycles. The van der Waals surface area contributed by atoms with Crippen LogP contribution in [0.4, 0.5) is 0 Å². The molecule has 1 aromatic rings. The van der Waals surface area contributed by atoms with Crippen molar-refractivity contribution >= 4 is 5.91 Å². The van der Waals surface area contributed by atoms with Crippen molar-refractivity contribution in [1.29, 1.82) is 0 Å². The fourth-order valence-electron chi connectivity index (χ4n) is 2.08. The summed E-state index contributed by atoms with van der Waals surface area (Å²) in [5.41, 5.74) is 0.734. The van der Waals surface area contributed by atoms with E-state index in [4.69, 9.17) is 4.74 Å². The van der Waals surface area contributed by atoms with E-state index in [1.807, 2.05) is 29.2 Å². The summed E-state index contributed by atoms with van der Waals surface area (Å²) in [4.78, 5) is 14.1. The molecule has 1 amide bonds. The largest absolute Gasteiger partial charge is 0.493 e. The Balaban J connectivity index is 2.04. The lowest BCUT2D eigenvalue weighted by molar-refractivity contribution is 0.0792. The van der Waals surface area contributed by atoms with Crippen molar-refractivity contribution in [1.82, 2.24) is 4.90 Å². The molecule has 1 aromatic carbocycles. The molecule has 1 saturated heterocycles. The van der Waals surface area contributed by atoms with Gasteiger partial charge in [0, 0.05) is 18.7 Å². The molecule has 1 aliphatic heterocycles. The first-order chi connectivity index (χ1) is 8.66. The molecular formula is C15H21NO2. The van der Waals surface area contributed by atoms with Crippen molar-refractivity contribution in [2.75, 3.05) is 19.7 Å². The standard InChI is InChI=1S/C15H21NO2/c1-12(2)11-18-14-7-5-6-13(10-14)15(17)16-8-3-4-9-16/h5-7,10,12H,3-4,8-9,11H2,1-2H3. The van der Waals surface area contributed by atoms with Crippen molar-refractivity contribution in [3.8, 4) is 5.75 Å². The molecule has 0 aromatic heterocycles. The van der Waals surface area contributed by atoms with Gasteiger partial charge in [0.15, 0.2) is 0 Å². The van der Waals surface area contributed by atoms with Gasteiger partial charge in [0.1, 0.15) is 5.75 Å². The topological polar surface area (TPSA) is 29.5 Å². The van der Waals surface area contributed by atoms with Crippen molar-refractivity contribution < 1.29 is 9.53 Å². The van der Waals surface area contributed by atoms with Gasteiger partial charge in [0.2, 0.25) is 0 Å². The van der Waals surface area contributed by atoms with E-state index in [9.17, 15) is 4.79 Å². The number of ether oxygens (including phenoxy) is 1. The zero-order valence-corrected chi connectivity index (χ0v) is 11.2. The van der Waals surface area contributed by atoms with E-state index in [-0.39, 0.29) is 5.91 Å². The Labute approximate surface area is 109 Å². The number of hydrogen-bond donors (Lipinski definition) is 0. The number of carbonyl (C=O) groups is 1. The molecule has 3 nitrogen and oxygen atoms in total. The highest BCUT2D eigenvalue weighted by Crippen LogP contribution is 2.18. The third kappa shape index (κ3) is 3.25. The van der Waals surface area contributed by atoms with Crippen LogP contribution in [0.2, 0.25) is 0 Å². The van der Waals surface area contributed by atoms with Crippen LogP contribution in [-0.2, 0) is 0 Å². The van der Waals surface area contributed by atoms with Crippen LogP contribution in [0.1, 0.15) is 37.0 Å². The molecule has 0 bridgehead atoms. The second-order valence-corrected chi connectivity index (χ2v) is 5.23. The van der Waals surface area contributed by atoms with Crippen molar-refractivity contribution in [2.45, 2.75) is 26.7 Å². The Morgan fingerprint density at radius 2 is 2.06 bits per heavy atom. The first-order valence-electron chi connectivity index (χ1n) is 6.69. The minimum Gasteiger partial charge on any atom is -0.493 e. The first-order valence-corrected chi connectivity index (χ1v) is 6.69. The fraction of sp³-hybridized carbons (Fsp3) is 0.533. The number of benzene rings is 1. The van der Waals surface area contributed by atoms with Crippen LogP contribution < -0.4 is 4.74 Å². The molecule has 3 heteroatoms. The summed E-state index contributed by atoms with van der Waals surface area (Å²) in [5, 5.41) is 0. The normalized spacial score (nSPS) is 15.2. The van der Waals surface area contributed by atoms with Gasteiger partial charge >= 0.3 is 0 Å². The summed E-state index contributed by atoms with van der Waals surface area (Å²) in [5.74, 6) is 1.40. The van der Waals surface area contributed by atoms with Crippen molar-refractivity contribution in [3.05, 3.63) is 29.8 Å². The fourth-order valence-corrected chi connectivity index (χ4v) is 2.08. The molecule has 18 heavy (non-hydrogen) atoms. The minimum atomic E-state index is 0.127. The molecule has 0 saturated carbocycles. The van der Waals surface area contributed by atoms with Crippen LogP contribution in [0.15, 0.2) is 24.3 Å². The number of hydrogen-bond acceptors (Lipinski definition) is 2. The van der Waals surface area contributed by atoms with E-state index >= 15 is 0 Å². The van der Waals surface area contributed by atoms with Gasteiger partial charge in [-0.15, -0.1) is 0 Å². The van der Waals surface area contributed by atoms with E-state index in [1.54, 1.807) is 0 Å². The minimum absolute atomic E-state index is 0.127. The third-order valence-electron chi connectivity index (χ3n) is 3.06. The van der Waals surface area contributed by atoms with Crippen LogP contribution in [-0.4, -0.2) is 30.5 Å². The summed E-state index contributed by atoms with van der Waals surface area (Å²) in [7, 11) is 0.